The van der Waals surface area contributed by atoms with Crippen LogP contribution in [-0.2, 0) is 9.47 Å². The highest BCUT2D eigenvalue weighted by Gasteiger charge is 2.41. The summed E-state index contributed by atoms with van der Waals surface area (Å²) in [7, 11) is 0. The lowest BCUT2D eigenvalue weighted by Gasteiger charge is -2.37. The van der Waals surface area contributed by atoms with E-state index in [2.05, 4.69) is 0 Å². The lowest BCUT2D eigenvalue weighted by Crippen LogP contribution is -2.47. The third-order valence-electron chi connectivity index (χ3n) is 3.82. The second kappa shape index (κ2) is 5.24. The van der Waals surface area contributed by atoms with Crippen molar-refractivity contribution in [2.45, 2.75) is 18.6 Å². The van der Waals surface area contributed by atoms with Crippen molar-refractivity contribution < 1.29 is 19.4 Å². The second-order valence-electron chi connectivity index (χ2n) is 5.06. The molecule has 0 bridgehead atoms. The predicted octanol–water partition coefficient (Wildman–Crippen LogP) is 2.02. The minimum atomic E-state index is -0.501. The Morgan fingerprint density at radius 3 is 2.50 bits per heavy atom. The molecule has 0 aromatic heterocycles. The van der Waals surface area contributed by atoms with E-state index in [0.717, 1.165) is 0 Å². The molecule has 0 atom stereocenters. The van der Waals surface area contributed by atoms with Crippen LogP contribution in [0.2, 0.25) is 5.02 Å². The number of amides is 1. The second-order valence-corrected chi connectivity index (χ2v) is 5.50. The van der Waals surface area contributed by atoms with Gasteiger partial charge in [0, 0.05) is 31.0 Å². The number of halogens is 1. The smallest absolute Gasteiger partial charge is 0.257 e. The van der Waals surface area contributed by atoms with E-state index in [9.17, 15) is 9.90 Å². The summed E-state index contributed by atoms with van der Waals surface area (Å²) in [5.74, 6) is -0.776. The van der Waals surface area contributed by atoms with E-state index >= 15 is 0 Å². The van der Waals surface area contributed by atoms with Crippen molar-refractivity contribution in [1.29, 1.82) is 0 Å². The van der Waals surface area contributed by atoms with Gasteiger partial charge in [-0.05, 0) is 18.2 Å². The van der Waals surface area contributed by atoms with Crippen LogP contribution in [0.4, 0.5) is 0 Å². The molecule has 1 aromatic carbocycles. The zero-order valence-electron chi connectivity index (χ0n) is 11.0. The number of carbonyl (C=O) groups is 1. The van der Waals surface area contributed by atoms with Gasteiger partial charge in [0.15, 0.2) is 5.79 Å². The molecule has 5 nitrogen and oxygen atoms in total. The SMILES string of the molecule is O=C(c1ccc(Cl)cc1O)N1CCC2(CC1)OCCO2. The number of piperidine rings is 1. The first kappa shape index (κ1) is 13.7. The van der Waals surface area contributed by atoms with Crippen molar-refractivity contribution in [1.82, 2.24) is 4.90 Å². The van der Waals surface area contributed by atoms with Gasteiger partial charge >= 0.3 is 0 Å². The number of aromatic hydroxyl groups is 1. The van der Waals surface area contributed by atoms with E-state index in [0.29, 0.717) is 44.2 Å². The Morgan fingerprint density at radius 2 is 1.90 bits per heavy atom. The summed E-state index contributed by atoms with van der Waals surface area (Å²) in [6.45, 7) is 2.35. The Labute approximate surface area is 122 Å². The van der Waals surface area contributed by atoms with Gasteiger partial charge in [-0.3, -0.25) is 4.79 Å². The number of phenolic OH excluding ortho intramolecular Hbond substituents is 1. The summed E-state index contributed by atoms with van der Waals surface area (Å²) in [4.78, 5) is 14.1. The maximum Gasteiger partial charge on any atom is 0.257 e. The normalized spacial score (nSPS) is 21.4. The molecule has 0 saturated carbocycles. The molecule has 1 spiro atoms. The third kappa shape index (κ3) is 2.49. The Bertz CT molecular complexity index is 518. The molecule has 0 aliphatic carbocycles. The van der Waals surface area contributed by atoms with Gasteiger partial charge in [-0.25, -0.2) is 0 Å². The molecule has 108 valence electrons. The van der Waals surface area contributed by atoms with Gasteiger partial charge in [0.2, 0.25) is 0 Å². The van der Waals surface area contributed by atoms with Crippen LogP contribution < -0.4 is 0 Å². The van der Waals surface area contributed by atoms with Crippen molar-refractivity contribution in [3.05, 3.63) is 28.8 Å². The zero-order chi connectivity index (χ0) is 14.2. The Kier molecular flexibility index (Phi) is 3.58. The number of ether oxygens (including phenoxy) is 2. The number of phenols is 1. The fourth-order valence-electron chi connectivity index (χ4n) is 2.69. The maximum absolute atomic E-state index is 12.4. The van der Waals surface area contributed by atoms with Crippen LogP contribution in [0.15, 0.2) is 18.2 Å². The fraction of sp³-hybridized carbons (Fsp3) is 0.500. The molecule has 2 aliphatic heterocycles. The van der Waals surface area contributed by atoms with Crippen LogP contribution in [-0.4, -0.2) is 48.0 Å². The quantitative estimate of drug-likeness (QED) is 0.861. The molecule has 2 saturated heterocycles. The molecule has 20 heavy (non-hydrogen) atoms. The largest absolute Gasteiger partial charge is 0.507 e. The minimum Gasteiger partial charge on any atom is -0.507 e. The van der Waals surface area contributed by atoms with Crippen molar-refractivity contribution in [2.24, 2.45) is 0 Å². The van der Waals surface area contributed by atoms with Crippen LogP contribution in [0, 0.1) is 0 Å². The topological polar surface area (TPSA) is 59.0 Å². The van der Waals surface area contributed by atoms with Crippen LogP contribution in [0.3, 0.4) is 0 Å². The standard InChI is InChI=1S/C14H16ClNO4/c15-10-1-2-11(12(17)9-10)13(18)16-5-3-14(4-6-16)19-7-8-20-14/h1-2,9,17H,3-8H2. The first-order valence-electron chi connectivity index (χ1n) is 6.65. The third-order valence-corrected chi connectivity index (χ3v) is 4.05. The average Bonchev–Trinajstić information content (AvgIpc) is 2.87. The van der Waals surface area contributed by atoms with Gasteiger partial charge in [0.1, 0.15) is 5.75 Å². The molecular formula is C14H16ClNO4. The highest BCUT2D eigenvalue weighted by molar-refractivity contribution is 6.30. The molecule has 2 aliphatic rings. The van der Waals surface area contributed by atoms with Crippen molar-refractivity contribution in [3.8, 4) is 5.75 Å². The Hall–Kier alpha value is -1.30. The monoisotopic (exact) mass is 297 g/mol. The summed E-state index contributed by atoms with van der Waals surface area (Å²) in [5.41, 5.74) is 0.276. The minimum absolute atomic E-state index is 0.0869. The molecule has 1 aromatic rings. The number of nitrogens with zero attached hydrogens (tertiary/aromatic N) is 1. The molecular weight excluding hydrogens is 282 g/mol. The maximum atomic E-state index is 12.4. The fourth-order valence-corrected chi connectivity index (χ4v) is 2.86. The first-order valence-corrected chi connectivity index (χ1v) is 7.03. The number of hydrogen-bond donors (Lipinski definition) is 1. The average molecular weight is 298 g/mol. The summed E-state index contributed by atoms with van der Waals surface area (Å²) >= 11 is 5.77. The van der Waals surface area contributed by atoms with E-state index < -0.39 is 5.79 Å². The molecule has 1 amide bonds. The molecule has 3 rings (SSSR count). The zero-order valence-corrected chi connectivity index (χ0v) is 11.7. The molecule has 0 unspecified atom stereocenters. The summed E-state index contributed by atoms with van der Waals surface area (Å²) in [5, 5.41) is 10.2. The number of carbonyl (C=O) groups excluding carboxylic acids is 1. The van der Waals surface area contributed by atoms with Crippen molar-refractivity contribution >= 4 is 17.5 Å². The van der Waals surface area contributed by atoms with Crippen molar-refractivity contribution in [3.63, 3.8) is 0 Å². The molecule has 0 radical (unpaired) electrons. The lowest BCUT2D eigenvalue weighted by molar-refractivity contribution is -0.181. The molecule has 2 heterocycles. The highest BCUT2D eigenvalue weighted by Crippen LogP contribution is 2.32. The van der Waals surface area contributed by atoms with Gasteiger partial charge < -0.3 is 19.5 Å². The number of likely N-dealkylation sites (tertiary alicyclic amines) is 1. The van der Waals surface area contributed by atoms with Crippen LogP contribution in [0.1, 0.15) is 23.2 Å². The first-order chi connectivity index (χ1) is 9.60. The highest BCUT2D eigenvalue weighted by atomic mass is 35.5. The van der Waals surface area contributed by atoms with E-state index in [4.69, 9.17) is 21.1 Å². The van der Waals surface area contributed by atoms with Crippen molar-refractivity contribution in [2.75, 3.05) is 26.3 Å². The Morgan fingerprint density at radius 1 is 1.25 bits per heavy atom. The summed E-state index contributed by atoms with van der Waals surface area (Å²) in [6.07, 6.45) is 1.32. The predicted molar refractivity (Wildman–Crippen MR) is 72.9 cm³/mol. The van der Waals surface area contributed by atoms with Gasteiger partial charge in [0.05, 0.1) is 18.8 Å². The van der Waals surface area contributed by atoms with Gasteiger partial charge in [-0.1, -0.05) is 11.6 Å². The van der Waals surface area contributed by atoms with Crippen LogP contribution in [0.25, 0.3) is 0 Å². The molecule has 6 heteroatoms. The summed E-state index contributed by atoms with van der Waals surface area (Å²) in [6, 6.07) is 4.53. The summed E-state index contributed by atoms with van der Waals surface area (Å²) < 4.78 is 11.3. The number of rotatable bonds is 1. The van der Waals surface area contributed by atoms with E-state index in [1.165, 1.54) is 6.07 Å². The molecule has 2 fully saturated rings. The number of benzene rings is 1. The van der Waals surface area contributed by atoms with E-state index in [1.807, 2.05) is 0 Å². The molecule has 1 N–H and O–H groups in total. The van der Waals surface area contributed by atoms with Gasteiger partial charge in [0.25, 0.3) is 5.91 Å². The van der Waals surface area contributed by atoms with Crippen LogP contribution >= 0.6 is 11.6 Å². The Balaban J connectivity index is 1.69. The number of hydrogen-bond acceptors (Lipinski definition) is 4. The van der Waals surface area contributed by atoms with E-state index in [-0.39, 0.29) is 17.2 Å². The van der Waals surface area contributed by atoms with E-state index in [1.54, 1.807) is 17.0 Å². The van der Waals surface area contributed by atoms with Gasteiger partial charge in [-0.2, -0.15) is 0 Å². The van der Waals surface area contributed by atoms with Gasteiger partial charge in [-0.15, -0.1) is 0 Å². The lowest BCUT2D eigenvalue weighted by atomic mass is 10.0. The van der Waals surface area contributed by atoms with Crippen LogP contribution in [0.5, 0.6) is 5.75 Å².